The van der Waals surface area contributed by atoms with E-state index in [4.69, 9.17) is 4.98 Å². The second kappa shape index (κ2) is 11.6. The number of rotatable bonds is 7. The second-order valence-corrected chi connectivity index (χ2v) is 13.4. The molecule has 3 aromatic carbocycles. The van der Waals surface area contributed by atoms with E-state index in [-0.39, 0.29) is 10.7 Å². The van der Waals surface area contributed by atoms with Gasteiger partial charge in [-0.25, -0.2) is 21.8 Å². The minimum atomic E-state index is -3.94. The third-order valence-electron chi connectivity index (χ3n) is 8.37. The molecule has 7 nitrogen and oxygen atoms in total. The Morgan fingerprint density at radius 3 is 2.38 bits per heavy atom. The maximum Gasteiger partial charge on any atom is 0.269 e. The molecule has 0 spiro atoms. The lowest BCUT2D eigenvalue weighted by atomic mass is 9.97. The predicted octanol–water partition coefficient (Wildman–Crippen LogP) is 7.02. The highest BCUT2D eigenvalue weighted by atomic mass is 32.2. The van der Waals surface area contributed by atoms with Crippen LogP contribution < -0.4 is 0 Å². The number of hydrogen-bond acceptors (Lipinski definition) is 5. The average molecular weight is 618 g/mol. The van der Waals surface area contributed by atoms with Crippen LogP contribution in [0.5, 0.6) is 0 Å². The summed E-state index contributed by atoms with van der Waals surface area (Å²) in [4.78, 5) is 7.20. The number of hydrogen-bond donors (Lipinski definition) is 0. The summed E-state index contributed by atoms with van der Waals surface area (Å²) in [6.07, 6.45) is 10.2. The zero-order chi connectivity index (χ0) is 31.1. The Labute approximate surface area is 261 Å². The van der Waals surface area contributed by atoms with E-state index in [0.29, 0.717) is 23.1 Å². The van der Waals surface area contributed by atoms with Crippen LogP contribution in [0.3, 0.4) is 0 Å². The van der Waals surface area contributed by atoms with Crippen molar-refractivity contribution in [3.63, 3.8) is 0 Å². The lowest BCUT2D eigenvalue weighted by Crippen LogP contribution is -2.23. The first-order valence-corrected chi connectivity index (χ1v) is 16.3. The van der Waals surface area contributed by atoms with Gasteiger partial charge in [0.1, 0.15) is 5.82 Å². The molecule has 226 valence electrons. The van der Waals surface area contributed by atoms with Crippen molar-refractivity contribution in [3.05, 3.63) is 132 Å². The molecule has 7 rings (SSSR count). The summed E-state index contributed by atoms with van der Waals surface area (Å²) in [5.74, 6) is -0.307. The van der Waals surface area contributed by atoms with E-state index in [1.807, 2.05) is 25.3 Å². The van der Waals surface area contributed by atoms with Crippen molar-refractivity contribution in [1.29, 1.82) is 0 Å². The fourth-order valence-corrected chi connectivity index (χ4v) is 7.12. The van der Waals surface area contributed by atoms with Gasteiger partial charge in [0, 0.05) is 53.8 Å². The van der Waals surface area contributed by atoms with E-state index in [9.17, 15) is 12.8 Å². The number of halogens is 1. The van der Waals surface area contributed by atoms with E-state index in [2.05, 4.69) is 47.4 Å². The number of aryl methyl sites for hydroxylation is 1. The zero-order valence-corrected chi connectivity index (χ0v) is 25.9. The molecule has 0 saturated carbocycles. The Morgan fingerprint density at radius 1 is 0.867 bits per heavy atom. The monoisotopic (exact) mass is 617 g/mol. The topological polar surface area (TPSA) is 73.0 Å². The molecule has 0 aliphatic carbocycles. The van der Waals surface area contributed by atoms with Gasteiger partial charge >= 0.3 is 0 Å². The molecule has 1 aliphatic rings. The first-order valence-electron chi connectivity index (χ1n) is 14.8. The van der Waals surface area contributed by atoms with Crippen LogP contribution in [-0.4, -0.2) is 52.2 Å². The molecule has 0 saturated heterocycles. The van der Waals surface area contributed by atoms with Crippen LogP contribution in [0.1, 0.15) is 23.1 Å². The molecule has 9 heteroatoms. The Morgan fingerprint density at radius 2 is 1.64 bits per heavy atom. The second-order valence-electron chi connectivity index (χ2n) is 11.6. The highest BCUT2D eigenvalue weighted by Gasteiger charge is 2.24. The van der Waals surface area contributed by atoms with E-state index < -0.39 is 10.0 Å². The van der Waals surface area contributed by atoms with E-state index in [1.165, 1.54) is 27.2 Å². The number of benzene rings is 3. The average Bonchev–Trinajstić information content (AvgIpc) is 3.66. The largest absolute Gasteiger partial charge is 0.302 e. The number of aromatic nitrogens is 4. The molecule has 0 amide bonds. The maximum absolute atomic E-state index is 13.9. The predicted molar refractivity (Wildman–Crippen MR) is 176 cm³/mol. The smallest absolute Gasteiger partial charge is 0.269 e. The Bertz CT molecular complexity index is 2160. The van der Waals surface area contributed by atoms with E-state index >= 15 is 0 Å². The summed E-state index contributed by atoms with van der Waals surface area (Å²) in [6, 6.07) is 23.7. The molecular weight excluding hydrogens is 585 g/mol. The molecule has 45 heavy (non-hydrogen) atoms. The Hall–Kier alpha value is -4.86. The van der Waals surface area contributed by atoms with E-state index in [1.54, 1.807) is 53.6 Å². The number of likely N-dealkylation sites (N-methyl/N-ethyl adjacent to an activating group) is 1. The van der Waals surface area contributed by atoms with Crippen molar-refractivity contribution in [1.82, 2.24) is 23.6 Å². The van der Waals surface area contributed by atoms with Crippen LogP contribution >= 0.6 is 0 Å². The summed E-state index contributed by atoms with van der Waals surface area (Å²) in [6.45, 7) is 4.28. The van der Waals surface area contributed by atoms with Gasteiger partial charge in [-0.3, -0.25) is 4.68 Å². The highest BCUT2D eigenvalue weighted by Crippen LogP contribution is 2.35. The normalized spacial score (nSPS) is 14.2. The molecule has 0 bridgehead atoms. The van der Waals surface area contributed by atoms with Crippen molar-refractivity contribution in [2.45, 2.75) is 24.8 Å². The number of pyridine rings is 1. The SMILES string of the molecule is Cc1ccc(S(=O)(=O)n2cc(-c3cnn(Cc4cccc(F)c4)c3)c3cc(-c4ccc(C5=CCN(C)CC5)cc4)cnc32)cc1. The lowest BCUT2D eigenvalue weighted by molar-refractivity contribution is 0.370. The summed E-state index contributed by atoms with van der Waals surface area (Å²) >= 11 is 0. The summed E-state index contributed by atoms with van der Waals surface area (Å²) < 4.78 is 44.6. The molecule has 0 atom stereocenters. The zero-order valence-electron chi connectivity index (χ0n) is 25.1. The fourth-order valence-electron chi connectivity index (χ4n) is 5.80. The fraction of sp³-hybridized carbons (Fsp3) is 0.167. The van der Waals surface area contributed by atoms with Gasteiger partial charge in [0.25, 0.3) is 10.0 Å². The van der Waals surface area contributed by atoms with Crippen LogP contribution in [0.2, 0.25) is 0 Å². The van der Waals surface area contributed by atoms with E-state index in [0.717, 1.165) is 47.3 Å². The molecule has 0 fully saturated rings. The van der Waals surface area contributed by atoms with Gasteiger partial charge in [-0.05, 0) is 73.0 Å². The van der Waals surface area contributed by atoms with Gasteiger partial charge in [0.15, 0.2) is 5.65 Å². The third kappa shape index (κ3) is 5.72. The molecule has 1 aliphatic heterocycles. The van der Waals surface area contributed by atoms with Crippen LogP contribution in [0, 0.1) is 12.7 Å². The minimum Gasteiger partial charge on any atom is -0.302 e. The van der Waals surface area contributed by atoms with Crippen LogP contribution in [0.25, 0.3) is 38.9 Å². The van der Waals surface area contributed by atoms with Crippen molar-refractivity contribution >= 4 is 26.6 Å². The molecule has 3 aromatic heterocycles. The van der Waals surface area contributed by atoms with Crippen LogP contribution in [0.4, 0.5) is 4.39 Å². The first kappa shape index (κ1) is 28.9. The lowest BCUT2D eigenvalue weighted by Gasteiger charge is -2.22. The number of fused-ring (bicyclic) bond motifs is 1. The Kier molecular flexibility index (Phi) is 7.43. The van der Waals surface area contributed by atoms with Crippen LogP contribution in [-0.2, 0) is 16.6 Å². The molecule has 0 unspecified atom stereocenters. The van der Waals surface area contributed by atoms with Gasteiger partial charge < -0.3 is 4.90 Å². The van der Waals surface area contributed by atoms with Crippen molar-refractivity contribution in [3.8, 4) is 22.3 Å². The Balaban J connectivity index is 1.31. The highest BCUT2D eigenvalue weighted by molar-refractivity contribution is 7.90. The molecule has 0 N–H and O–H groups in total. The summed E-state index contributed by atoms with van der Waals surface area (Å²) in [7, 11) is -1.81. The maximum atomic E-state index is 13.9. The standard InChI is InChI=1S/C36H32FN5O2S/c1-25-6-12-33(13-7-25)45(43,44)42-24-35(31-21-39-41(23-31)22-26-4-3-5-32(37)18-26)34-19-30(20-38-36(34)42)28-10-8-27(9-11-28)29-14-16-40(2)17-15-29/h3-14,18-21,23-24H,15-17,22H2,1-2H3. The number of nitrogens with zero attached hydrogens (tertiary/aromatic N) is 5. The van der Waals surface area contributed by atoms with Gasteiger partial charge in [-0.1, -0.05) is 60.2 Å². The molecule has 4 heterocycles. The van der Waals surface area contributed by atoms with Gasteiger partial charge in [0.05, 0.1) is 17.6 Å². The first-order chi connectivity index (χ1) is 21.7. The molecule has 0 radical (unpaired) electrons. The minimum absolute atomic E-state index is 0.183. The van der Waals surface area contributed by atoms with Gasteiger partial charge in [-0.15, -0.1) is 0 Å². The molecule has 6 aromatic rings. The third-order valence-corrected chi connectivity index (χ3v) is 10.0. The quantitative estimate of drug-likeness (QED) is 0.193. The summed E-state index contributed by atoms with van der Waals surface area (Å²) in [5, 5.41) is 5.20. The van der Waals surface area contributed by atoms with Crippen molar-refractivity contribution < 1.29 is 12.8 Å². The van der Waals surface area contributed by atoms with Gasteiger partial charge in [0.2, 0.25) is 0 Å². The summed E-state index contributed by atoms with van der Waals surface area (Å²) in [5.41, 5.74) is 7.93. The van der Waals surface area contributed by atoms with Crippen LogP contribution in [0.15, 0.2) is 115 Å². The van der Waals surface area contributed by atoms with Crippen molar-refractivity contribution in [2.24, 2.45) is 0 Å². The van der Waals surface area contributed by atoms with Gasteiger partial charge in [-0.2, -0.15) is 5.10 Å². The molecular formula is C36H32FN5O2S. The van der Waals surface area contributed by atoms with Crippen molar-refractivity contribution in [2.75, 3.05) is 20.1 Å².